The largest absolute Gasteiger partial charge is 0.497 e. The minimum absolute atomic E-state index is 0.0613. The third-order valence-corrected chi connectivity index (χ3v) is 6.61. The predicted octanol–water partition coefficient (Wildman–Crippen LogP) is 4.48. The predicted molar refractivity (Wildman–Crippen MR) is 133 cm³/mol. The minimum Gasteiger partial charge on any atom is -0.497 e. The lowest BCUT2D eigenvalue weighted by atomic mass is 9.79. The van der Waals surface area contributed by atoms with Crippen LogP contribution in [0.4, 0.5) is 0 Å². The van der Waals surface area contributed by atoms with Gasteiger partial charge in [-0.3, -0.25) is 14.7 Å². The second-order valence-electron chi connectivity index (χ2n) is 9.00. The van der Waals surface area contributed by atoms with Crippen molar-refractivity contribution in [2.45, 2.75) is 25.8 Å². The van der Waals surface area contributed by atoms with E-state index >= 15 is 0 Å². The number of likely N-dealkylation sites (tertiary alicyclic amines) is 1. The molecule has 1 aliphatic heterocycles. The number of amides is 1. The maximum absolute atomic E-state index is 13.5. The quantitative estimate of drug-likeness (QED) is 0.511. The molecule has 1 aliphatic rings. The van der Waals surface area contributed by atoms with Crippen LogP contribution in [0.3, 0.4) is 0 Å². The number of pyridine rings is 1. The fourth-order valence-corrected chi connectivity index (χ4v) is 4.31. The number of carbonyl (C=O) groups excluding carboxylic acids is 1. The number of rotatable bonds is 9. The summed E-state index contributed by atoms with van der Waals surface area (Å²) in [5.74, 6) is 1.71. The summed E-state index contributed by atoms with van der Waals surface area (Å²) in [5, 5.41) is 3.29. The maximum Gasteiger partial charge on any atom is 0.226 e. The lowest BCUT2D eigenvalue weighted by molar-refractivity contribution is -0.133. The Labute approximate surface area is 201 Å². The summed E-state index contributed by atoms with van der Waals surface area (Å²) < 4.78 is 11.2. The number of aromatic nitrogens is 1. The molecule has 3 aromatic rings. The molecule has 6 heteroatoms. The summed E-state index contributed by atoms with van der Waals surface area (Å²) in [5.41, 5.74) is 1.33. The molecule has 1 fully saturated rings. The number of nitrogens with one attached hydrogen (secondary N) is 1. The molecule has 1 aromatic heterocycles. The van der Waals surface area contributed by atoms with Crippen molar-refractivity contribution in [1.82, 2.24) is 15.2 Å². The number of piperidine rings is 1. The Kier molecular flexibility index (Phi) is 7.80. The number of nitrogens with zero attached hydrogens (tertiary/aromatic N) is 2. The summed E-state index contributed by atoms with van der Waals surface area (Å²) in [7, 11) is 1.65. The van der Waals surface area contributed by atoms with Gasteiger partial charge in [0.05, 0.1) is 18.8 Å². The van der Waals surface area contributed by atoms with E-state index in [-0.39, 0.29) is 11.9 Å². The summed E-state index contributed by atoms with van der Waals surface area (Å²) >= 11 is 0. The Morgan fingerprint density at radius 1 is 1.03 bits per heavy atom. The van der Waals surface area contributed by atoms with E-state index < -0.39 is 5.41 Å². The van der Waals surface area contributed by atoms with Gasteiger partial charge in [-0.2, -0.15) is 0 Å². The van der Waals surface area contributed by atoms with Crippen LogP contribution in [0.1, 0.15) is 37.1 Å². The normalized spacial score (nSPS) is 16.4. The molecule has 2 aromatic carbocycles. The molecule has 0 bridgehead atoms. The van der Waals surface area contributed by atoms with Crippen LogP contribution < -0.4 is 14.8 Å². The van der Waals surface area contributed by atoms with E-state index in [1.165, 1.54) is 0 Å². The Bertz CT molecular complexity index is 1050. The summed E-state index contributed by atoms with van der Waals surface area (Å²) in [6, 6.07) is 23.1. The third-order valence-electron chi connectivity index (χ3n) is 6.61. The van der Waals surface area contributed by atoms with Gasteiger partial charge in [0.15, 0.2) is 0 Å². The number of hydrogen-bond donors (Lipinski definition) is 1. The van der Waals surface area contributed by atoms with Crippen molar-refractivity contribution in [3.8, 4) is 11.5 Å². The van der Waals surface area contributed by atoms with Gasteiger partial charge in [-0.05, 0) is 67.9 Å². The summed E-state index contributed by atoms with van der Waals surface area (Å²) in [6.07, 6.45) is 3.36. The van der Waals surface area contributed by atoms with Gasteiger partial charge in [0.1, 0.15) is 18.1 Å². The van der Waals surface area contributed by atoms with Crippen LogP contribution in [-0.4, -0.2) is 49.1 Å². The van der Waals surface area contributed by atoms with E-state index in [4.69, 9.17) is 9.47 Å². The highest BCUT2D eigenvalue weighted by atomic mass is 16.5. The zero-order valence-corrected chi connectivity index (χ0v) is 19.9. The first-order valence-corrected chi connectivity index (χ1v) is 11.8. The molecule has 1 unspecified atom stereocenters. The molecule has 1 amide bonds. The first-order chi connectivity index (χ1) is 16.6. The highest BCUT2D eigenvalue weighted by molar-refractivity contribution is 5.83. The average Bonchev–Trinajstić information content (AvgIpc) is 2.89. The van der Waals surface area contributed by atoms with Gasteiger partial charge < -0.3 is 14.8 Å². The molecule has 0 aliphatic carbocycles. The van der Waals surface area contributed by atoms with Crippen LogP contribution in [0, 0.1) is 5.41 Å². The maximum atomic E-state index is 13.5. The number of carbonyl (C=O) groups is 1. The van der Waals surface area contributed by atoms with Gasteiger partial charge in [0, 0.05) is 18.2 Å². The standard InChI is InChI=1S/C28H33N3O3/c1-28(14-17-31(18-15-28)19-20-34-23-10-4-3-5-11-23)27(32)30-26(25-13-6-7-16-29-25)22-9-8-12-24(21-22)33-2/h3-13,16,21,26H,14-15,17-20H2,1-2H3,(H,30,32). The van der Waals surface area contributed by atoms with Crippen LogP contribution >= 0.6 is 0 Å². The number of para-hydroxylation sites is 1. The zero-order valence-electron chi connectivity index (χ0n) is 19.9. The number of benzene rings is 2. The van der Waals surface area contributed by atoms with E-state index in [2.05, 4.69) is 22.1 Å². The minimum atomic E-state index is -0.428. The van der Waals surface area contributed by atoms with Gasteiger partial charge in [-0.25, -0.2) is 0 Å². The Balaban J connectivity index is 1.37. The molecule has 34 heavy (non-hydrogen) atoms. The van der Waals surface area contributed by atoms with Crippen molar-refractivity contribution < 1.29 is 14.3 Å². The van der Waals surface area contributed by atoms with Crippen LogP contribution in [0.25, 0.3) is 0 Å². The molecule has 6 nitrogen and oxygen atoms in total. The smallest absolute Gasteiger partial charge is 0.226 e. The lowest BCUT2D eigenvalue weighted by Crippen LogP contribution is -2.48. The molecule has 1 N–H and O–H groups in total. The third kappa shape index (κ3) is 5.94. The van der Waals surface area contributed by atoms with Crippen molar-refractivity contribution in [3.05, 3.63) is 90.3 Å². The second kappa shape index (κ2) is 11.2. The second-order valence-corrected chi connectivity index (χ2v) is 9.00. The Morgan fingerprint density at radius 3 is 2.47 bits per heavy atom. The molecule has 4 rings (SSSR count). The van der Waals surface area contributed by atoms with Gasteiger partial charge in [-0.15, -0.1) is 0 Å². The Hall–Kier alpha value is -3.38. The van der Waals surface area contributed by atoms with Crippen LogP contribution in [0.2, 0.25) is 0 Å². The van der Waals surface area contributed by atoms with Crippen LogP contribution in [0.15, 0.2) is 79.0 Å². The van der Waals surface area contributed by atoms with Gasteiger partial charge in [0.25, 0.3) is 0 Å². The van der Waals surface area contributed by atoms with Crippen LogP contribution in [0.5, 0.6) is 11.5 Å². The van der Waals surface area contributed by atoms with Crippen molar-refractivity contribution in [3.63, 3.8) is 0 Å². The zero-order chi connectivity index (χ0) is 23.8. The van der Waals surface area contributed by atoms with E-state index in [0.29, 0.717) is 6.61 Å². The molecule has 0 saturated carbocycles. The van der Waals surface area contributed by atoms with E-state index in [9.17, 15) is 4.79 Å². The SMILES string of the molecule is COc1cccc(C(NC(=O)C2(C)CCN(CCOc3ccccc3)CC2)c2ccccn2)c1. The molecular weight excluding hydrogens is 426 g/mol. The topological polar surface area (TPSA) is 63.7 Å². The van der Waals surface area contributed by atoms with Crippen molar-refractivity contribution in [1.29, 1.82) is 0 Å². The Morgan fingerprint density at radius 2 is 1.76 bits per heavy atom. The molecule has 178 valence electrons. The van der Waals surface area contributed by atoms with Crippen LogP contribution in [-0.2, 0) is 4.79 Å². The first-order valence-electron chi connectivity index (χ1n) is 11.8. The molecular formula is C28H33N3O3. The molecule has 2 heterocycles. The molecule has 1 atom stereocenters. The van der Waals surface area contributed by atoms with Crippen molar-refractivity contribution in [2.24, 2.45) is 5.41 Å². The first kappa shape index (κ1) is 23.8. The van der Waals surface area contributed by atoms with Crippen molar-refractivity contribution in [2.75, 3.05) is 33.4 Å². The molecule has 0 radical (unpaired) electrons. The van der Waals surface area contributed by atoms with E-state index in [0.717, 1.165) is 55.2 Å². The summed E-state index contributed by atoms with van der Waals surface area (Å²) in [6.45, 7) is 5.31. The van der Waals surface area contributed by atoms with Gasteiger partial charge >= 0.3 is 0 Å². The van der Waals surface area contributed by atoms with Crippen molar-refractivity contribution >= 4 is 5.91 Å². The number of ether oxygens (including phenoxy) is 2. The highest BCUT2D eigenvalue weighted by Crippen LogP contribution is 2.33. The fourth-order valence-electron chi connectivity index (χ4n) is 4.31. The molecule has 0 spiro atoms. The fraction of sp³-hybridized carbons (Fsp3) is 0.357. The highest BCUT2D eigenvalue weighted by Gasteiger charge is 2.38. The number of hydrogen-bond acceptors (Lipinski definition) is 5. The molecule has 1 saturated heterocycles. The van der Waals surface area contributed by atoms with Gasteiger partial charge in [-0.1, -0.05) is 43.3 Å². The summed E-state index contributed by atoms with van der Waals surface area (Å²) in [4.78, 5) is 20.4. The van der Waals surface area contributed by atoms with E-state index in [1.54, 1.807) is 13.3 Å². The lowest BCUT2D eigenvalue weighted by Gasteiger charge is -2.39. The van der Waals surface area contributed by atoms with E-state index in [1.807, 2.05) is 72.8 Å². The van der Waals surface area contributed by atoms with Gasteiger partial charge in [0.2, 0.25) is 5.91 Å². The average molecular weight is 460 g/mol. The monoisotopic (exact) mass is 459 g/mol. The number of methoxy groups -OCH3 is 1.